The Bertz CT molecular complexity index is 971. The summed E-state index contributed by atoms with van der Waals surface area (Å²) >= 11 is 11.9. The van der Waals surface area contributed by atoms with Crippen molar-refractivity contribution in [3.05, 3.63) is 63.4 Å². The molecule has 1 saturated heterocycles. The van der Waals surface area contributed by atoms with E-state index < -0.39 is 5.97 Å². The number of halogens is 3. The summed E-state index contributed by atoms with van der Waals surface area (Å²) in [6, 6.07) is 9.00. The lowest BCUT2D eigenvalue weighted by molar-refractivity contribution is -0.139. The SMILES string of the molecule is C[C@@H]1CN(C(=O)COc2c(Cl)cc(Cl)cc2C(=O)O)[C@@H](C)CN1Cc1ccc(F)cc1. The number of aromatic carboxylic acids is 1. The molecule has 31 heavy (non-hydrogen) atoms. The maximum Gasteiger partial charge on any atom is 0.339 e. The number of piperazine rings is 1. The van der Waals surface area contributed by atoms with Gasteiger partial charge < -0.3 is 14.7 Å². The van der Waals surface area contributed by atoms with Crippen molar-refractivity contribution in [3.63, 3.8) is 0 Å². The fourth-order valence-corrected chi connectivity index (χ4v) is 4.22. The van der Waals surface area contributed by atoms with Crippen LogP contribution in [0.2, 0.25) is 10.0 Å². The molecule has 2 atom stereocenters. The predicted octanol–water partition coefficient (Wildman–Crippen LogP) is 4.33. The Labute approximate surface area is 190 Å². The van der Waals surface area contributed by atoms with Crippen LogP contribution in [0.4, 0.5) is 4.39 Å². The van der Waals surface area contributed by atoms with Crippen LogP contribution in [0.15, 0.2) is 36.4 Å². The molecule has 3 rings (SSSR count). The quantitative estimate of drug-likeness (QED) is 0.682. The Morgan fingerprint density at radius 3 is 2.45 bits per heavy atom. The maximum atomic E-state index is 13.1. The van der Waals surface area contributed by atoms with E-state index in [1.54, 1.807) is 17.0 Å². The van der Waals surface area contributed by atoms with E-state index in [2.05, 4.69) is 4.90 Å². The molecule has 0 aliphatic carbocycles. The largest absolute Gasteiger partial charge is 0.481 e. The smallest absolute Gasteiger partial charge is 0.339 e. The van der Waals surface area contributed by atoms with Crippen LogP contribution in [-0.4, -0.2) is 58.6 Å². The molecular formula is C22H23Cl2FN2O4. The molecule has 1 aliphatic heterocycles. The number of benzene rings is 2. The normalized spacial score (nSPS) is 19.3. The summed E-state index contributed by atoms with van der Waals surface area (Å²) in [6.45, 7) is 5.43. The Kier molecular flexibility index (Phi) is 7.41. The van der Waals surface area contributed by atoms with Gasteiger partial charge in [0, 0.05) is 36.7 Å². The van der Waals surface area contributed by atoms with Crippen molar-refractivity contribution in [2.45, 2.75) is 32.5 Å². The van der Waals surface area contributed by atoms with E-state index in [1.165, 1.54) is 24.3 Å². The first-order valence-electron chi connectivity index (χ1n) is 9.78. The molecule has 0 radical (unpaired) electrons. The number of carbonyl (C=O) groups excluding carboxylic acids is 1. The molecule has 2 aromatic carbocycles. The van der Waals surface area contributed by atoms with Gasteiger partial charge in [-0.05, 0) is 43.7 Å². The van der Waals surface area contributed by atoms with Gasteiger partial charge in [-0.1, -0.05) is 35.3 Å². The van der Waals surface area contributed by atoms with Crippen molar-refractivity contribution >= 4 is 35.1 Å². The fourth-order valence-electron chi connectivity index (χ4n) is 3.67. The molecule has 9 heteroatoms. The first-order chi connectivity index (χ1) is 14.7. The van der Waals surface area contributed by atoms with Gasteiger partial charge in [0.1, 0.15) is 11.4 Å². The third-order valence-corrected chi connectivity index (χ3v) is 5.81. The molecule has 1 amide bonds. The van der Waals surface area contributed by atoms with Crippen molar-refractivity contribution in [1.29, 1.82) is 0 Å². The number of carboxylic acids is 1. The van der Waals surface area contributed by atoms with Crippen molar-refractivity contribution in [2.75, 3.05) is 19.7 Å². The average molecular weight is 469 g/mol. The third-order valence-electron chi connectivity index (χ3n) is 5.31. The average Bonchev–Trinajstić information content (AvgIpc) is 2.70. The van der Waals surface area contributed by atoms with Crippen molar-refractivity contribution < 1.29 is 23.8 Å². The molecule has 1 aliphatic rings. The van der Waals surface area contributed by atoms with E-state index in [0.717, 1.165) is 5.56 Å². The highest BCUT2D eigenvalue weighted by Gasteiger charge is 2.32. The Balaban J connectivity index is 1.63. The first-order valence-corrected chi connectivity index (χ1v) is 10.5. The highest BCUT2D eigenvalue weighted by Crippen LogP contribution is 2.32. The van der Waals surface area contributed by atoms with E-state index in [1.807, 2.05) is 13.8 Å². The molecule has 1 N–H and O–H groups in total. The Morgan fingerprint density at radius 1 is 1.13 bits per heavy atom. The minimum Gasteiger partial charge on any atom is -0.481 e. The maximum absolute atomic E-state index is 13.1. The molecule has 0 aromatic heterocycles. The van der Waals surface area contributed by atoms with Gasteiger partial charge in [0.15, 0.2) is 12.4 Å². The Morgan fingerprint density at radius 2 is 1.81 bits per heavy atom. The van der Waals surface area contributed by atoms with Crippen LogP contribution in [0.1, 0.15) is 29.8 Å². The summed E-state index contributed by atoms with van der Waals surface area (Å²) < 4.78 is 18.6. The molecule has 1 heterocycles. The van der Waals surface area contributed by atoms with Crippen molar-refractivity contribution in [1.82, 2.24) is 9.80 Å². The monoisotopic (exact) mass is 468 g/mol. The first kappa shape index (κ1) is 23.3. The van der Waals surface area contributed by atoms with Gasteiger partial charge in [-0.3, -0.25) is 9.69 Å². The summed E-state index contributed by atoms with van der Waals surface area (Å²) in [5, 5.41) is 9.55. The summed E-state index contributed by atoms with van der Waals surface area (Å²) in [6.07, 6.45) is 0. The minimum absolute atomic E-state index is 0.0308. The lowest BCUT2D eigenvalue weighted by atomic mass is 10.1. The van der Waals surface area contributed by atoms with E-state index in [9.17, 15) is 19.1 Å². The topological polar surface area (TPSA) is 70.1 Å². The van der Waals surface area contributed by atoms with Gasteiger partial charge in [0.05, 0.1) is 5.02 Å². The van der Waals surface area contributed by atoms with E-state index in [0.29, 0.717) is 19.6 Å². The molecule has 0 bridgehead atoms. The van der Waals surface area contributed by atoms with Crippen molar-refractivity contribution in [2.24, 2.45) is 0 Å². The molecule has 1 fully saturated rings. The third kappa shape index (κ3) is 5.67. The summed E-state index contributed by atoms with van der Waals surface area (Å²) in [4.78, 5) is 28.2. The van der Waals surface area contributed by atoms with Crippen LogP contribution in [0.5, 0.6) is 5.75 Å². The Hall–Kier alpha value is -2.35. The summed E-state index contributed by atoms with van der Waals surface area (Å²) in [5.41, 5.74) is 0.804. The second-order valence-electron chi connectivity index (χ2n) is 7.66. The van der Waals surface area contributed by atoms with Crippen LogP contribution in [0.3, 0.4) is 0 Å². The molecule has 2 aromatic rings. The van der Waals surface area contributed by atoms with Crippen LogP contribution in [0, 0.1) is 5.82 Å². The zero-order valence-corrected chi connectivity index (χ0v) is 18.7. The number of carbonyl (C=O) groups is 2. The molecule has 0 spiro atoms. The zero-order chi connectivity index (χ0) is 22.7. The molecular weight excluding hydrogens is 446 g/mol. The summed E-state index contributed by atoms with van der Waals surface area (Å²) in [5.74, 6) is -1.86. The number of ether oxygens (including phenoxy) is 1. The summed E-state index contributed by atoms with van der Waals surface area (Å²) in [7, 11) is 0. The van der Waals surface area contributed by atoms with Gasteiger partial charge in [-0.15, -0.1) is 0 Å². The molecule has 166 valence electrons. The van der Waals surface area contributed by atoms with Gasteiger partial charge >= 0.3 is 5.97 Å². The van der Waals surface area contributed by atoms with E-state index in [4.69, 9.17) is 27.9 Å². The van der Waals surface area contributed by atoms with Crippen molar-refractivity contribution in [3.8, 4) is 5.75 Å². The van der Waals surface area contributed by atoms with E-state index in [-0.39, 0.29) is 51.8 Å². The van der Waals surface area contributed by atoms with Crippen LogP contribution >= 0.6 is 23.2 Å². The lowest BCUT2D eigenvalue weighted by Crippen LogP contribution is -2.58. The number of carboxylic acid groups (broad SMARTS) is 1. The molecule has 6 nitrogen and oxygen atoms in total. The number of rotatable bonds is 6. The van der Waals surface area contributed by atoms with Crippen LogP contribution in [0.25, 0.3) is 0 Å². The van der Waals surface area contributed by atoms with E-state index >= 15 is 0 Å². The highest BCUT2D eigenvalue weighted by molar-refractivity contribution is 6.36. The second kappa shape index (κ2) is 9.85. The van der Waals surface area contributed by atoms with Crippen LogP contribution < -0.4 is 4.74 Å². The zero-order valence-electron chi connectivity index (χ0n) is 17.1. The number of nitrogens with zero attached hydrogens (tertiary/aromatic N) is 2. The van der Waals surface area contributed by atoms with Gasteiger partial charge in [-0.2, -0.15) is 0 Å². The molecule has 0 unspecified atom stereocenters. The van der Waals surface area contributed by atoms with Gasteiger partial charge in [-0.25, -0.2) is 9.18 Å². The number of hydrogen-bond donors (Lipinski definition) is 1. The van der Waals surface area contributed by atoms with Crippen LogP contribution in [-0.2, 0) is 11.3 Å². The van der Waals surface area contributed by atoms with Gasteiger partial charge in [0.25, 0.3) is 5.91 Å². The minimum atomic E-state index is -1.25. The predicted molar refractivity (Wildman–Crippen MR) is 116 cm³/mol. The van der Waals surface area contributed by atoms with Gasteiger partial charge in [0.2, 0.25) is 0 Å². The fraction of sp³-hybridized carbons (Fsp3) is 0.364. The second-order valence-corrected chi connectivity index (χ2v) is 8.50. The number of hydrogen-bond acceptors (Lipinski definition) is 4. The highest BCUT2D eigenvalue weighted by atomic mass is 35.5. The molecule has 0 saturated carbocycles. The lowest BCUT2D eigenvalue weighted by Gasteiger charge is -2.44. The number of amides is 1. The standard InChI is InChI=1S/C22H23Cl2FN2O4/c1-13-10-27(14(2)9-26(13)11-15-3-5-17(25)6-4-15)20(28)12-31-21-18(22(29)30)7-16(23)8-19(21)24/h3-8,13-14H,9-12H2,1-2H3,(H,29,30)/t13-,14+/m1/s1.